The van der Waals surface area contributed by atoms with Crippen LogP contribution < -0.4 is 5.32 Å². The smallest absolute Gasteiger partial charge is 0.203 e. The summed E-state index contributed by atoms with van der Waals surface area (Å²) >= 11 is 0. The molecule has 1 aromatic heterocycles. The van der Waals surface area contributed by atoms with Crippen LogP contribution in [0.15, 0.2) is 12.4 Å². The first-order valence-electron chi connectivity index (χ1n) is 7.06. The highest BCUT2D eigenvalue weighted by atomic mass is 16.5. The lowest BCUT2D eigenvalue weighted by Gasteiger charge is -2.25. The zero-order valence-electron chi connectivity index (χ0n) is 11.3. The van der Waals surface area contributed by atoms with Gasteiger partial charge in [-0.05, 0) is 38.0 Å². The quantitative estimate of drug-likeness (QED) is 0.872. The van der Waals surface area contributed by atoms with E-state index in [0.29, 0.717) is 12.1 Å². The highest BCUT2D eigenvalue weighted by Crippen LogP contribution is 2.45. The fraction of sp³-hybridized carbons (Fsp3) is 0.786. The number of methoxy groups -OCH3 is 1. The number of ether oxygens (including phenoxy) is 1. The molecule has 0 aromatic carbocycles. The molecule has 0 spiro atoms. The molecule has 1 heterocycles. The van der Waals surface area contributed by atoms with Crippen molar-refractivity contribution in [2.24, 2.45) is 11.8 Å². The molecule has 1 N–H and O–H groups in total. The van der Waals surface area contributed by atoms with Gasteiger partial charge in [-0.1, -0.05) is 6.42 Å². The normalized spacial score (nSPS) is 31.8. The summed E-state index contributed by atoms with van der Waals surface area (Å²) in [7, 11) is 1.75. The first-order chi connectivity index (χ1) is 8.78. The predicted molar refractivity (Wildman–Crippen MR) is 71.7 cm³/mol. The van der Waals surface area contributed by atoms with E-state index in [1.54, 1.807) is 7.11 Å². The number of nitrogens with one attached hydrogen (secondary N) is 1. The van der Waals surface area contributed by atoms with Crippen molar-refractivity contribution in [1.29, 1.82) is 0 Å². The Balaban J connectivity index is 1.68. The van der Waals surface area contributed by atoms with Crippen LogP contribution in [0, 0.1) is 11.8 Å². The highest BCUT2D eigenvalue weighted by molar-refractivity contribution is 5.30. The molecule has 0 radical (unpaired) electrons. The summed E-state index contributed by atoms with van der Waals surface area (Å²) < 4.78 is 7.42. The van der Waals surface area contributed by atoms with E-state index in [-0.39, 0.29) is 0 Å². The highest BCUT2D eigenvalue weighted by Gasteiger charge is 2.39. The van der Waals surface area contributed by atoms with Gasteiger partial charge in [-0.25, -0.2) is 4.98 Å². The first-order valence-corrected chi connectivity index (χ1v) is 7.06. The Morgan fingerprint density at radius 2 is 2.39 bits per heavy atom. The summed E-state index contributed by atoms with van der Waals surface area (Å²) in [5.74, 6) is 2.85. The maximum absolute atomic E-state index is 5.23. The second-order valence-corrected chi connectivity index (χ2v) is 5.89. The van der Waals surface area contributed by atoms with Gasteiger partial charge in [0.15, 0.2) is 0 Å². The van der Waals surface area contributed by atoms with Gasteiger partial charge in [0.05, 0.1) is 12.6 Å². The Hall–Kier alpha value is -1.03. The van der Waals surface area contributed by atoms with Crippen molar-refractivity contribution >= 4 is 5.95 Å². The van der Waals surface area contributed by atoms with Gasteiger partial charge in [0.2, 0.25) is 5.95 Å². The second-order valence-electron chi connectivity index (χ2n) is 5.89. The van der Waals surface area contributed by atoms with Crippen LogP contribution in [0.2, 0.25) is 0 Å². The van der Waals surface area contributed by atoms with Crippen LogP contribution in [0.25, 0.3) is 0 Å². The summed E-state index contributed by atoms with van der Waals surface area (Å²) in [4.78, 5) is 4.46. The first kappa shape index (κ1) is 12.0. The van der Waals surface area contributed by atoms with Gasteiger partial charge in [-0.15, -0.1) is 0 Å². The topological polar surface area (TPSA) is 39.1 Å². The minimum atomic E-state index is 0.332. The van der Waals surface area contributed by atoms with Gasteiger partial charge < -0.3 is 14.6 Å². The second kappa shape index (κ2) is 4.92. The Morgan fingerprint density at radius 1 is 1.50 bits per heavy atom. The average molecular weight is 249 g/mol. The number of aromatic nitrogens is 2. The van der Waals surface area contributed by atoms with E-state index < -0.39 is 0 Å². The SMILES string of the molecule is COCC(C)n1ccnc1NC1CC2CCC1C2. The number of fused-ring (bicyclic) bond motifs is 2. The van der Waals surface area contributed by atoms with Gasteiger partial charge in [-0.2, -0.15) is 0 Å². The fourth-order valence-electron chi connectivity index (χ4n) is 3.69. The molecule has 4 atom stereocenters. The summed E-state index contributed by atoms with van der Waals surface area (Å²) in [6.45, 7) is 2.89. The molecule has 0 amide bonds. The third-order valence-electron chi connectivity index (χ3n) is 4.60. The molecule has 0 saturated heterocycles. The third kappa shape index (κ3) is 2.14. The van der Waals surface area contributed by atoms with Crippen molar-refractivity contribution < 1.29 is 4.74 Å². The molecule has 100 valence electrons. The Kier molecular flexibility index (Phi) is 3.29. The Morgan fingerprint density at radius 3 is 3.06 bits per heavy atom. The molecule has 2 bridgehead atoms. The summed E-state index contributed by atoms with van der Waals surface area (Å²) in [5, 5.41) is 3.66. The average Bonchev–Trinajstić information content (AvgIpc) is 3.04. The van der Waals surface area contributed by atoms with E-state index >= 15 is 0 Å². The Labute approximate surface area is 109 Å². The monoisotopic (exact) mass is 249 g/mol. The largest absolute Gasteiger partial charge is 0.383 e. The van der Waals surface area contributed by atoms with Crippen molar-refractivity contribution in [1.82, 2.24) is 9.55 Å². The maximum atomic E-state index is 5.23. The van der Waals surface area contributed by atoms with Gasteiger partial charge in [0.25, 0.3) is 0 Å². The Bertz CT molecular complexity index is 403. The molecule has 2 aliphatic rings. The van der Waals surface area contributed by atoms with Crippen LogP contribution in [-0.4, -0.2) is 29.3 Å². The predicted octanol–water partition coefficient (Wildman–Crippen LogP) is 2.69. The molecular formula is C14H23N3O. The van der Waals surface area contributed by atoms with Crippen LogP contribution in [0.4, 0.5) is 5.95 Å². The van der Waals surface area contributed by atoms with Crippen molar-refractivity contribution in [2.75, 3.05) is 19.0 Å². The van der Waals surface area contributed by atoms with Crippen molar-refractivity contribution in [3.8, 4) is 0 Å². The molecule has 3 rings (SSSR count). The van der Waals surface area contributed by atoms with E-state index in [2.05, 4.69) is 21.8 Å². The number of anilines is 1. The minimum absolute atomic E-state index is 0.332. The molecule has 1 aromatic rings. The number of imidazole rings is 1. The molecule has 18 heavy (non-hydrogen) atoms. The van der Waals surface area contributed by atoms with E-state index in [1.165, 1.54) is 25.7 Å². The molecule has 2 saturated carbocycles. The molecule has 2 fully saturated rings. The summed E-state index contributed by atoms with van der Waals surface area (Å²) in [5.41, 5.74) is 0. The molecular weight excluding hydrogens is 226 g/mol. The molecule has 4 heteroatoms. The van der Waals surface area contributed by atoms with E-state index in [4.69, 9.17) is 4.74 Å². The van der Waals surface area contributed by atoms with Crippen molar-refractivity contribution in [2.45, 2.75) is 44.7 Å². The van der Waals surface area contributed by atoms with Gasteiger partial charge >= 0.3 is 0 Å². The fourth-order valence-corrected chi connectivity index (χ4v) is 3.69. The summed E-state index contributed by atoms with van der Waals surface area (Å²) in [6.07, 6.45) is 9.51. The van der Waals surface area contributed by atoms with Gasteiger partial charge in [0.1, 0.15) is 0 Å². The lowest BCUT2D eigenvalue weighted by atomic mass is 9.95. The van der Waals surface area contributed by atoms with E-state index in [1.807, 2.05) is 12.4 Å². The lowest BCUT2D eigenvalue weighted by Crippen LogP contribution is -2.28. The van der Waals surface area contributed by atoms with Crippen LogP contribution in [0.3, 0.4) is 0 Å². The van der Waals surface area contributed by atoms with Crippen LogP contribution in [0.5, 0.6) is 0 Å². The zero-order chi connectivity index (χ0) is 12.5. The molecule has 4 nitrogen and oxygen atoms in total. The number of hydrogen-bond acceptors (Lipinski definition) is 3. The van der Waals surface area contributed by atoms with E-state index in [9.17, 15) is 0 Å². The number of hydrogen-bond donors (Lipinski definition) is 1. The van der Waals surface area contributed by atoms with Crippen LogP contribution in [0.1, 0.15) is 38.6 Å². The zero-order valence-corrected chi connectivity index (χ0v) is 11.3. The van der Waals surface area contributed by atoms with Crippen LogP contribution >= 0.6 is 0 Å². The molecule has 0 aliphatic heterocycles. The molecule has 2 aliphatic carbocycles. The van der Waals surface area contributed by atoms with Crippen molar-refractivity contribution in [3.05, 3.63) is 12.4 Å². The van der Waals surface area contributed by atoms with Gasteiger partial charge in [-0.3, -0.25) is 0 Å². The van der Waals surface area contributed by atoms with Gasteiger partial charge in [0, 0.05) is 25.5 Å². The summed E-state index contributed by atoms with van der Waals surface area (Å²) in [6, 6.07) is 0.971. The third-order valence-corrected chi connectivity index (χ3v) is 4.60. The number of nitrogens with zero attached hydrogens (tertiary/aromatic N) is 2. The molecule has 4 unspecified atom stereocenters. The maximum Gasteiger partial charge on any atom is 0.203 e. The number of rotatable bonds is 5. The van der Waals surface area contributed by atoms with Crippen LogP contribution in [-0.2, 0) is 4.74 Å². The van der Waals surface area contributed by atoms with Crippen molar-refractivity contribution in [3.63, 3.8) is 0 Å². The minimum Gasteiger partial charge on any atom is -0.383 e. The lowest BCUT2D eigenvalue weighted by molar-refractivity contribution is 0.163. The standard InChI is InChI=1S/C14H23N3O/c1-10(9-18-2)17-6-5-15-14(17)16-13-8-11-3-4-12(13)7-11/h5-6,10-13H,3-4,7-9H2,1-2H3,(H,15,16). The van der Waals surface area contributed by atoms with E-state index in [0.717, 1.165) is 24.4 Å².